The van der Waals surface area contributed by atoms with Crippen LogP contribution in [0.25, 0.3) is 10.2 Å². The number of halogens is 1. The van der Waals surface area contributed by atoms with E-state index in [0.717, 1.165) is 21.5 Å². The van der Waals surface area contributed by atoms with Crippen LogP contribution in [0.5, 0.6) is 5.75 Å². The molecule has 0 saturated heterocycles. The lowest BCUT2D eigenvalue weighted by molar-refractivity contribution is -0.122. The minimum absolute atomic E-state index is 0.203. The molecule has 1 amide bonds. The Bertz CT molecular complexity index is 878. The predicted molar refractivity (Wildman–Crippen MR) is 99.1 cm³/mol. The number of hydrogen-bond acceptors (Lipinski definition) is 4. The number of thiazole rings is 1. The predicted octanol–water partition coefficient (Wildman–Crippen LogP) is 5.05. The van der Waals surface area contributed by atoms with E-state index in [1.54, 1.807) is 6.07 Å². The first-order valence-corrected chi connectivity index (χ1v) is 8.85. The van der Waals surface area contributed by atoms with Crippen molar-refractivity contribution in [3.8, 4) is 5.75 Å². The summed E-state index contributed by atoms with van der Waals surface area (Å²) in [6.45, 7) is 3.87. The van der Waals surface area contributed by atoms with E-state index < -0.39 is 6.10 Å². The minimum Gasteiger partial charge on any atom is -0.480 e. The molecule has 24 heavy (non-hydrogen) atoms. The summed E-state index contributed by atoms with van der Waals surface area (Å²) in [7, 11) is 0. The number of rotatable bonds is 5. The van der Waals surface area contributed by atoms with Gasteiger partial charge in [-0.2, -0.15) is 0 Å². The highest BCUT2D eigenvalue weighted by molar-refractivity contribution is 7.22. The second-order valence-corrected chi connectivity index (χ2v) is 6.87. The van der Waals surface area contributed by atoms with Crippen molar-refractivity contribution in [3.05, 3.63) is 53.1 Å². The van der Waals surface area contributed by atoms with E-state index >= 15 is 0 Å². The molecule has 124 valence electrons. The first-order valence-electron chi connectivity index (χ1n) is 7.66. The molecule has 0 aliphatic rings. The fourth-order valence-corrected chi connectivity index (χ4v) is 3.45. The second-order valence-electron chi connectivity index (χ2n) is 5.40. The highest BCUT2D eigenvalue weighted by Gasteiger charge is 2.20. The van der Waals surface area contributed by atoms with Crippen LogP contribution in [-0.4, -0.2) is 17.0 Å². The van der Waals surface area contributed by atoms with E-state index in [1.807, 2.05) is 50.2 Å². The van der Waals surface area contributed by atoms with Gasteiger partial charge in [0.2, 0.25) is 0 Å². The lowest BCUT2D eigenvalue weighted by Crippen LogP contribution is -2.32. The number of nitrogens with zero attached hydrogens (tertiary/aromatic N) is 1. The van der Waals surface area contributed by atoms with Gasteiger partial charge in [-0.3, -0.25) is 10.1 Å². The number of carbonyl (C=O) groups excluding carboxylic acids is 1. The highest BCUT2D eigenvalue weighted by atomic mass is 35.5. The van der Waals surface area contributed by atoms with Crippen molar-refractivity contribution in [1.82, 2.24) is 4.98 Å². The van der Waals surface area contributed by atoms with Crippen molar-refractivity contribution >= 4 is 44.2 Å². The van der Waals surface area contributed by atoms with Gasteiger partial charge in [-0.15, -0.1) is 0 Å². The zero-order chi connectivity index (χ0) is 17.1. The third-order valence-corrected chi connectivity index (χ3v) is 4.78. The molecule has 1 atom stereocenters. The maximum absolute atomic E-state index is 12.5. The van der Waals surface area contributed by atoms with Gasteiger partial charge in [0.25, 0.3) is 5.91 Å². The number of aromatic nitrogens is 1. The third-order valence-electron chi connectivity index (χ3n) is 3.61. The number of nitrogens with one attached hydrogen (secondary N) is 1. The molecule has 6 heteroatoms. The Morgan fingerprint density at radius 3 is 2.88 bits per heavy atom. The average molecular weight is 361 g/mol. The smallest absolute Gasteiger partial charge is 0.267 e. The summed E-state index contributed by atoms with van der Waals surface area (Å²) >= 11 is 7.38. The van der Waals surface area contributed by atoms with Crippen molar-refractivity contribution < 1.29 is 9.53 Å². The molecular weight excluding hydrogens is 344 g/mol. The molecule has 0 radical (unpaired) electrons. The Kier molecular flexibility index (Phi) is 5.02. The molecule has 0 aliphatic carbocycles. The largest absolute Gasteiger partial charge is 0.480 e. The molecule has 1 unspecified atom stereocenters. The number of fused-ring (bicyclic) bond motifs is 1. The van der Waals surface area contributed by atoms with Crippen LogP contribution in [0.15, 0.2) is 42.5 Å². The molecule has 3 rings (SSSR count). The topological polar surface area (TPSA) is 51.2 Å². The lowest BCUT2D eigenvalue weighted by atomic mass is 10.2. The quantitative estimate of drug-likeness (QED) is 0.692. The third kappa shape index (κ3) is 3.68. The van der Waals surface area contributed by atoms with Crippen LogP contribution < -0.4 is 10.1 Å². The lowest BCUT2D eigenvalue weighted by Gasteiger charge is -2.17. The van der Waals surface area contributed by atoms with Crippen molar-refractivity contribution in [3.63, 3.8) is 0 Å². The van der Waals surface area contributed by atoms with Crippen LogP contribution in [0, 0.1) is 6.92 Å². The van der Waals surface area contributed by atoms with Crippen LogP contribution in [-0.2, 0) is 4.79 Å². The molecule has 0 saturated carbocycles. The zero-order valence-corrected chi connectivity index (χ0v) is 14.9. The molecule has 0 spiro atoms. The van der Waals surface area contributed by atoms with Crippen LogP contribution in [0.4, 0.5) is 5.13 Å². The fraction of sp³-hybridized carbons (Fsp3) is 0.222. The van der Waals surface area contributed by atoms with Gasteiger partial charge in [0.05, 0.1) is 10.2 Å². The van der Waals surface area contributed by atoms with Crippen LogP contribution in [0.2, 0.25) is 5.02 Å². The van der Waals surface area contributed by atoms with E-state index in [2.05, 4.69) is 10.3 Å². The van der Waals surface area contributed by atoms with E-state index in [-0.39, 0.29) is 5.91 Å². The van der Waals surface area contributed by atoms with Crippen LogP contribution in [0.3, 0.4) is 0 Å². The summed E-state index contributed by atoms with van der Waals surface area (Å²) in [6.07, 6.45) is -0.00151. The standard InChI is InChI=1S/C18H17ClN2O2S/c1-3-14(23-15-7-5-4-6-11(15)2)17(22)21-18-20-13-9-8-12(19)10-16(13)24-18/h4-10,14H,3H2,1-2H3,(H,20,21,22). The van der Waals surface area contributed by atoms with E-state index in [4.69, 9.17) is 16.3 Å². The summed E-state index contributed by atoms with van der Waals surface area (Å²) in [6, 6.07) is 13.1. The second kappa shape index (κ2) is 7.20. The number of amides is 1. The van der Waals surface area contributed by atoms with Crippen molar-refractivity contribution in [2.75, 3.05) is 5.32 Å². The summed E-state index contributed by atoms with van der Waals surface area (Å²) in [5.41, 5.74) is 1.81. The van der Waals surface area contributed by atoms with Crippen LogP contribution >= 0.6 is 22.9 Å². The molecule has 1 N–H and O–H groups in total. The number of aryl methyl sites for hydroxylation is 1. The first kappa shape index (κ1) is 16.7. The summed E-state index contributed by atoms with van der Waals surface area (Å²) < 4.78 is 6.80. The number of benzene rings is 2. The van der Waals surface area contributed by atoms with E-state index in [1.165, 1.54) is 11.3 Å². The maximum atomic E-state index is 12.5. The monoisotopic (exact) mass is 360 g/mol. The SMILES string of the molecule is CCC(Oc1ccccc1C)C(=O)Nc1nc2ccc(Cl)cc2s1. The van der Waals surface area contributed by atoms with Gasteiger partial charge >= 0.3 is 0 Å². The Labute approximate surface area is 149 Å². The molecule has 4 nitrogen and oxygen atoms in total. The highest BCUT2D eigenvalue weighted by Crippen LogP contribution is 2.28. The number of para-hydroxylation sites is 1. The van der Waals surface area contributed by atoms with E-state index in [9.17, 15) is 4.79 Å². The van der Waals surface area contributed by atoms with Gasteiger partial charge in [0.1, 0.15) is 5.75 Å². The van der Waals surface area contributed by atoms with Gasteiger partial charge in [-0.25, -0.2) is 4.98 Å². The fourth-order valence-electron chi connectivity index (χ4n) is 2.30. The van der Waals surface area contributed by atoms with Gasteiger partial charge in [-0.05, 0) is 43.2 Å². The number of carbonyl (C=O) groups is 1. The molecule has 0 bridgehead atoms. The van der Waals surface area contributed by atoms with E-state index in [0.29, 0.717) is 16.6 Å². The summed E-state index contributed by atoms with van der Waals surface area (Å²) in [5.74, 6) is 0.515. The van der Waals surface area contributed by atoms with Gasteiger partial charge in [0, 0.05) is 5.02 Å². The van der Waals surface area contributed by atoms with Crippen molar-refractivity contribution in [2.24, 2.45) is 0 Å². The molecule has 2 aromatic carbocycles. The minimum atomic E-state index is -0.568. The molecule has 1 heterocycles. The zero-order valence-electron chi connectivity index (χ0n) is 13.4. The normalized spacial score (nSPS) is 12.1. The molecule has 0 fully saturated rings. The molecule has 0 aliphatic heterocycles. The van der Waals surface area contributed by atoms with Crippen molar-refractivity contribution in [2.45, 2.75) is 26.4 Å². The Hall–Kier alpha value is -2.11. The summed E-state index contributed by atoms with van der Waals surface area (Å²) in [5, 5.41) is 4.04. The maximum Gasteiger partial charge on any atom is 0.267 e. The summed E-state index contributed by atoms with van der Waals surface area (Å²) in [4.78, 5) is 16.9. The molecule has 1 aromatic heterocycles. The number of ether oxygens (including phenoxy) is 1. The van der Waals surface area contributed by atoms with Gasteiger partial charge in [-0.1, -0.05) is 48.1 Å². The first-order chi connectivity index (χ1) is 11.6. The molecular formula is C18H17ClN2O2S. The number of hydrogen-bond donors (Lipinski definition) is 1. The average Bonchev–Trinajstić information content (AvgIpc) is 2.95. The number of anilines is 1. The Morgan fingerprint density at radius 2 is 2.12 bits per heavy atom. The Morgan fingerprint density at radius 1 is 1.33 bits per heavy atom. The van der Waals surface area contributed by atoms with Gasteiger partial charge in [0.15, 0.2) is 11.2 Å². The van der Waals surface area contributed by atoms with Gasteiger partial charge < -0.3 is 4.74 Å². The Balaban J connectivity index is 1.75. The van der Waals surface area contributed by atoms with Crippen molar-refractivity contribution in [1.29, 1.82) is 0 Å². The van der Waals surface area contributed by atoms with Crippen LogP contribution in [0.1, 0.15) is 18.9 Å². The molecule has 3 aromatic rings.